The molecule has 1 aromatic carbocycles. The van der Waals surface area contributed by atoms with Crippen molar-refractivity contribution in [2.45, 2.75) is 19.9 Å². The van der Waals surface area contributed by atoms with Crippen molar-refractivity contribution >= 4 is 29.2 Å². The molecule has 2 N–H and O–H groups in total. The van der Waals surface area contributed by atoms with E-state index < -0.39 is 0 Å². The van der Waals surface area contributed by atoms with Gasteiger partial charge in [-0.25, -0.2) is 0 Å². The zero-order chi connectivity index (χ0) is 13.8. The Labute approximate surface area is 118 Å². The third kappa shape index (κ3) is 3.29. The molecule has 0 unspecified atom stereocenters. The van der Waals surface area contributed by atoms with Gasteiger partial charge in [0.15, 0.2) is 10.9 Å². The van der Waals surface area contributed by atoms with Gasteiger partial charge in [-0.15, -0.1) is 0 Å². The molecule has 98 valence electrons. The molecule has 0 saturated carbocycles. The first-order chi connectivity index (χ1) is 9.08. The molecule has 1 aromatic rings. The van der Waals surface area contributed by atoms with Crippen molar-refractivity contribution in [3.8, 4) is 0 Å². The average molecular weight is 272 g/mol. The molecule has 0 saturated heterocycles. The second kappa shape index (κ2) is 5.80. The molecule has 0 amide bonds. The van der Waals surface area contributed by atoms with E-state index in [9.17, 15) is 4.79 Å². The summed E-state index contributed by atoms with van der Waals surface area (Å²) in [5.41, 5.74) is 2.63. The molecule has 4 heteroatoms. The number of hydrogen-bond donors (Lipinski definition) is 2. The summed E-state index contributed by atoms with van der Waals surface area (Å²) in [5.74, 6) is 0.0442. The van der Waals surface area contributed by atoms with Crippen molar-refractivity contribution < 1.29 is 4.79 Å². The number of benzene rings is 1. The summed E-state index contributed by atoms with van der Waals surface area (Å²) in [6, 6.07) is 9.78. The summed E-state index contributed by atoms with van der Waals surface area (Å²) in [6.45, 7) is 3.44. The number of hydrogen-bond acceptors (Lipinski definition) is 2. The summed E-state index contributed by atoms with van der Waals surface area (Å²) in [6.07, 6.45) is 3.95. The third-order valence-corrected chi connectivity index (χ3v) is 3.18. The molecule has 0 radical (unpaired) electrons. The quantitative estimate of drug-likeness (QED) is 0.829. The number of nitrogens with one attached hydrogen (secondary N) is 2. The maximum Gasteiger partial charge on any atom is 0.171 e. The van der Waals surface area contributed by atoms with Crippen molar-refractivity contribution in [3.63, 3.8) is 0 Å². The van der Waals surface area contributed by atoms with E-state index >= 15 is 0 Å². The zero-order valence-electron chi connectivity index (χ0n) is 10.9. The lowest BCUT2D eigenvalue weighted by atomic mass is 9.98. The Balaban J connectivity index is 2.27. The molecular weight excluding hydrogens is 256 g/mol. The lowest BCUT2D eigenvalue weighted by molar-refractivity contribution is -0.113. The molecule has 1 aliphatic rings. The van der Waals surface area contributed by atoms with E-state index in [-0.39, 0.29) is 11.8 Å². The lowest BCUT2D eigenvalue weighted by Gasteiger charge is -2.27. The van der Waals surface area contributed by atoms with Crippen LogP contribution < -0.4 is 10.6 Å². The van der Waals surface area contributed by atoms with Crippen LogP contribution in [0.4, 0.5) is 0 Å². The van der Waals surface area contributed by atoms with Crippen LogP contribution >= 0.6 is 12.2 Å². The van der Waals surface area contributed by atoms with Crippen molar-refractivity contribution in [3.05, 3.63) is 53.2 Å². The van der Waals surface area contributed by atoms with Gasteiger partial charge in [0, 0.05) is 11.3 Å². The number of carbonyl (C=O) groups is 1. The van der Waals surface area contributed by atoms with Gasteiger partial charge in [0.1, 0.15) is 0 Å². The van der Waals surface area contributed by atoms with Gasteiger partial charge in [-0.1, -0.05) is 42.5 Å². The molecule has 0 aliphatic carbocycles. The summed E-state index contributed by atoms with van der Waals surface area (Å²) >= 11 is 5.13. The van der Waals surface area contributed by atoms with Crippen LogP contribution in [-0.4, -0.2) is 16.9 Å². The Morgan fingerprint density at radius 1 is 1.32 bits per heavy atom. The van der Waals surface area contributed by atoms with Crippen LogP contribution in [0.3, 0.4) is 0 Å². The highest BCUT2D eigenvalue weighted by Gasteiger charge is 2.23. The first kappa shape index (κ1) is 13.5. The second-order valence-electron chi connectivity index (χ2n) is 4.44. The van der Waals surface area contributed by atoms with Crippen molar-refractivity contribution in [1.29, 1.82) is 0 Å². The molecule has 19 heavy (non-hydrogen) atoms. The number of Topliss-reactive ketones (excluding diaryl/α,β-unsaturated/α-hetero) is 1. The van der Waals surface area contributed by atoms with E-state index in [0.29, 0.717) is 5.11 Å². The summed E-state index contributed by atoms with van der Waals surface area (Å²) < 4.78 is 0. The molecule has 0 bridgehead atoms. The SMILES string of the molecule is CC(=O)C1=C(C)NC(=S)N[C@@H]1/C=C\c1ccccc1. The third-order valence-electron chi connectivity index (χ3n) is 2.96. The van der Waals surface area contributed by atoms with Crippen LogP contribution in [0.25, 0.3) is 6.08 Å². The van der Waals surface area contributed by atoms with Gasteiger partial charge < -0.3 is 10.6 Å². The predicted octanol–water partition coefficient (Wildman–Crippen LogP) is 2.41. The van der Waals surface area contributed by atoms with Gasteiger partial charge in [-0.2, -0.15) is 0 Å². The first-order valence-electron chi connectivity index (χ1n) is 6.10. The van der Waals surface area contributed by atoms with Crippen LogP contribution in [-0.2, 0) is 4.79 Å². The zero-order valence-corrected chi connectivity index (χ0v) is 11.8. The van der Waals surface area contributed by atoms with E-state index in [0.717, 1.165) is 16.8 Å². The van der Waals surface area contributed by atoms with Crippen LogP contribution in [0, 0.1) is 0 Å². The fraction of sp³-hybridized carbons (Fsp3) is 0.200. The molecule has 1 atom stereocenters. The van der Waals surface area contributed by atoms with Crippen LogP contribution in [0.1, 0.15) is 19.4 Å². The van der Waals surface area contributed by atoms with Gasteiger partial charge in [0.05, 0.1) is 6.04 Å². The normalized spacial score (nSPS) is 19.3. The maximum absolute atomic E-state index is 11.7. The topological polar surface area (TPSA) is 41.1 Å². The molecule has 0 fully saturated rings. The maximum atomic E-state index is 11.7. The van der Waals surface area contributed by atoms with Gasteiger partial charge in [-0.05, 0) is 31.6 Å². The first-order valence-corrected chi connectivity index (χ1v) is 6.51. The van der Waals surface area contributed by atoms with Crippen molar-refractivity contribution in [1.82, 2.24) is 10.6 Å². The van der Waals surface area contributed by atoms with E-state index in [4.69, 9.17) is 12.2 Å². The average Bonchev–Trinajstić information content (AvgIpc) is 2.36. The molecule has 3 nitrogen and oxygen atoms in total. The number of thiocarbonyl (C=S) groups is 1. The Morgan fingerprint density at radius 2 is 2.00 bits per heavy atom. The van der Waals surface area contributed by atoms with Gasteiger partial charge in [0.2, 0.25) is 0 Å². The minimum absolute atomic E-state index is 0.0442. The highest BCUT2D eigenvalue weighted by Crippen LogP contribution is 2.15. The summed E-state index contributed by atoms with van der Waals surface area (Å²) in [4.78, 5) is 11.7. The van der Waals surface area contributed by atoms with Crippen molar-refractivity contribution in [2.24, 2.45) is 0 Å². The number of allylic oxidation sites excluding steroid dienone is 1. The van der Waals surface area contributed by atoms with Crippen LogP contribution in [0.2, 0.25) is 0 Å². The predicted molar refractivity (Wildman–Crippen MR) is 81.5 cm³/mol. The number of ketones is 1. The van der Waals surface area contributed by atoms with E-state index in [2.05, 4.69) is 10.6 Å². The molecule has 2 rings (SSSR count). The summed E-state index contributed by atoms with van der Waals surface area (Å²) in [7, 11) is 0. The number of rotatable bonds is 3. The van der Waals surface area contributed by atoms with Gasteiger partial charge >= 0.3 is 0 Å². The Bertz CT molecular complexity index is 561. The van der Waals surface area contributed by atoms with Crippen LogP contribution in [0.15, 0.2) is 47.7 Å². The Hall–Kier alpha value is -1.94. The second-order valence-corrected chi connectivity index (χ2v) is 4.85. The standard InChI is InChI=1S/C15H16N2OS/c1-10-14(11(2)18)13(17-15(19)16-10)9-8-12-6-4-3-5-7-12/h3-9,13H,1-2H3,(H2,16,17,19)/b9-8-/t13-/m1/s1. The minimum Gasteiger partial charge on any atom is -0.352 e. The van der Waals surface area contributed by atoms with E-state index in [1.807, 2.05) is 49.4 Å². The number of carbonyl (C=O) groups excluding carboxylic acids is 1. The molecule has 0 spiro atoms. The highest BCUT2D eigenvalue weighted by atomic mass is 32.1. The summed E-state index contributed by atoms with van der Waals surface area (Å²) in [5, 5.41) is 6.63. The smallest absolute Gasteiger partial charge is 0.171 e. The Morgan fingerprint density at radius 3 is 2.63 bits per heavy atom. The monoisotopic (exact) mass is 272 g/mol. The van der Waals surface area contributed by atoms with Crippen molar-refractivity contribution in [2.75, 3.05) is 0 Å². The lowest BCUT2D eigenvalue weighted by Crippen LogP contribution is -2.48. The fourth-order valence-corrected chi connectivity index (χ4v) is 2.40. The molecule has 1 heterocycles. The Kier molecular flexibility index (Phi) is 4.12. The van der Waals surface area contributed by atoms with E-state index in [1.54, 1.807) is 6.92 Å². The highest BCUT2D eigenvalue weighted by molar-refractivity contribution is 7.80. The molecule has 1 aliphatic heterocycles. The van der Waals surface area contributed by atoms with E-state index in [1.165, 1.54) is 0 Å². The molecule has 0 aromatic heterocycles. The minimum atomic E-state index is -0.175. The van der Waals surface area contributed by atoms with Gasteiger partial charge in [-0.3, -0.25) is 4.79 Å². The van der Waals surface area contributed by atoms with Gasteiger partial charge in [0.25, 0.3) is 0 Å². The molecular formula is C15H16N2OS. The fourth-order valence-electron chi connectivity index (χ4n) is 2.12. The van der Waals surface area contributed by atoms with Crippen LogP contribution in [0.5, 0.6) is 0 Å². The largest absolute Gasteiger partial charge is 0.352 e.